The fraction of sp³-hybridized carbons (Fsp3) is 0.348. The summed E-state index contributed by atoms with van der Waals surface area (Å²) in [6.07, 6.45) is 0.725. The summed E-state index contributed by atoms with van der Waals surface area (Å²) in [5.74, 6) is 0.155. The molecule has 0 saturated carbocycles. The molecule has 0 spiro atoms. The van der Waals surface area contributed by atoms with E-state index < -0.39 is 5.97 Å². The summed E-state index contributed by atoms with van der Waals surface area (Å²) in [5.41, 5.74) is 1.82. The van der Waals surface area contributed by atoms with Gasteiger partial charge in [-0.1, -0.05) is 30.3 Å². The molecule has 4 rings (SSSR count). The molecule has 0 unspecified atom stereocenters. The highest BCUT2D eigenvalue weighted by atomic mass is 32.1. The van der Waals surface area contributed by atoms with Gasteiger partial charge in [0, 0.05) is 50.3 Å². The van der Waals surface area contributed by atoms with Crippen molar-refractivity contribution in [3.63, 3.8) is 0 Å². The molecule has 1 fully saturated rings. The first-order chi connectivity index (χ1) is 15.6. The molecule has 3 aromatic rings. The Balaban J connectivity index is 1.28. The van der Waals surface area contributed by atoms with E-state index in [2.05, 4.69) is 49.1 Å². The van der Waals surface area contributed by atoms with Crippen molar-refractivity contribution in [2.45, 2.75) is 12.8 Å². The molecular weight excluding hydrogens is 426 g/mol. The average Bonchev–Trinajstić information content (AvgIpc) is 3.23. The van der Waals surface area contributed by atoms with Gasteiger partial charge in [0.15, 0.2) is 0 Å². The molecule has 32 heavy (non-hydrogen) atoms. The van der Waals surface area contributed by atoms with Crippen LogP contribution >= 0.6 is 11.5 Å². The average molecular weight is 454 g/mol. The Morgan fingerprint density at radius 3 is 2.59 bits per heavy atom. The van der Waals surface area contributed by atoms with E-state index in [1.807, 2.05) is 24.3 Å². The van der Waals surface area contributed by atoms with Gasteiger partial charge in [-0.2, -0.15) is 4.37 Å². The fourth-order valence-electron chi connectivity index (χ4n) is 3.87. The summed E-state index contributed by atoms with van der Waals surface area (Å²) in [7, 11) is 0. The number of carboxylic acid groups (broad SMARTS) is 1. The number of amides is 2. The van der Waals surface area contributed by atoms with Crippen molar-refractivity contribution in [3.8, 4) is 0 Å². The molecule has 2 amide bonds. The van der Waals surface area contributed by atoms with Gasteiger partial charge in [0.1, 0.15) is 5.82 Å². The molecular formula is C23H27N5O3S. The maximum Gasteiger partial charge on any atom is 0.319 e. The van der Waals surface area contributed by atoms with E-state index in [0.717, 1.165) is 56.2 Å². The SMILES string of the molecule is O=C(O)CCNC(=O)Nc1ccccc1CCN1CCN(c2nsc3ccccc23)CC1. The molecule has 168 valence electrons. The van der Waals surface area contributed by atoms with Crippen molar-refractivity contribution in [1.82, 2.24) is 14.6 Å². The van der Waals surface area contributed by atoms with Crippen LogP contribution in [-0.4, -0.2) is 65.6 Å². The van der Waals surface area contributed by atoms with Crippen molar-refractivity contribution in [2.75, 3.05) is 49.5 Å². The monoisotopic (exact) mass is 453 g/mol. The summed E-state index contributed by atoms with van der Waals surface area (Å²) in [6, 6.07) is 15.7. The number of urea groups is 1. The number of benzene rings is 2. The standard InChI is InChI=1S/C23H27N5O3S/c29-21(30)9-11-24-23(31)25-19-7-3-1-5-17(19)10-12-27-13-15-28(16-14-27)22-18-6-2-4-8-20(18)32-26-22/h1-8H,9-16H2,(H,29,30)(H2,24,25,31). The number of aromatic nitrogens is 1. The van der Waals surface area contributed by atoms with Crippen molar-refractivity contribution in [1.29, 1.82) is 0 Å². The highest BCUT2D eigenvalue weighted by Gasteiger charge is 2.20. The molecule has 0 aliphatic carbocycles. The van der Waals surface area contributed by atoms with Crippen molar-refractivity contribution in [2.24, 2.45) is 0 Å². The quantitative estimate of drug-likeness (QED) is 0.484. The number of rotatable bonds is 8. The van der Waals surface area contributed by atoms with E-state index in [1.165, 1.54) is 10.1 Å². The van der Waals surface area contributed by atoms with Gasteiger partial charge in [0.2, 0.25) is 0 Å². The lowest BCUT2D eigenvalue weighted by Crippen LogP contribution is -2.47. The predicted molar refractivity (Wildman–Crippen MR) is 128 cm³/mol. The molecule has 1 saturated heterocycles. The number of nitrogens with zero attached hydrogens (tertiary/aromatic N) is 3. The molecule has 1 aliphatic rings. The Kier molecular flexibility index (Phi) is 7.18. The number of carbonyl (C=O) groups excluding carboxylic acids is 1. The smallest absolute Gasteiger partial charge is 0.319 e. The number of aliphatic carboxylic acids is 1. The molecule has 0 radical (unpaired) electrons. The molecule has 1 aromatic heterocycles. The van der Waals surface area contributed by atoms with Crippen LogP contribution in [0.25, 0.3) is 10.1 Å². The molecule has 0 atom stereocenters. The topological polar surface area (TPSA) is 97.8 Å². The molecule has 2 heterocycles. The van der Waals surface area contributed by atoms with E-state index in [0.29, 0.717) is 0 Å². The maximum absolute atomic E-state index is 12.1. The van der Waals surface area contributed by atoms with E-state index in [9.17, 15) is 9.59 Å². The fourth-order valence-corrected chi connectivity index (χ4v) is 4.67. The van der Waals surface area contributed by atoms with Gasteiger partial charge in [-0.05, 0) is 41.7 Å². The van der Waals surface area contributed by atoms with Gasteiger partial charge in [-0.3, -0.25) is 9.69 Å². The lowest BCUT2D eigenvalue weighted by Gasteiger charge is -2.35. The van der Waals surface area contributed by atoms with Gasteiger partial charge in [-0.25, -0.2) is 4.79 Å². The number of piperazine rings is 1. The second kappa shape index (κ2) is 10.4. The van der Waals surface area contributed by atoms with Crippen LogP contribution in [-0.2, 0) is 11.2 Å². The Bertz CT molecular complexity index is 1080. The van der Waals surface area contributed by atoms with Crippen LogP contribution in [0, 0.1) is 0 Å². The number of anilines is 2. The summed E-state index contributed by atoms with van der Waals surface area (Å²) in [4.78, 5) is 27.5. The largest absolute Gasteiger partial charge is 0.481 e. The van der Waals surface area contributed by atoms with E-state index in [4.69, 9.17) is 5.11 Å². The summed E-state index contributed by atoms with van der Waals surface area (Å²) < 4.78 is 5.90. The van der Waals surface area contributed by atoms with Gasteiger partial charge < -0.3 is 20.6 Å². The second-order valence-corrected chi connectivity index (χ2v) is 8.57. The van der Waals surface area contributed by atoms with Crippen LogP contribution in [0.1, 0.15) is 12.0 Å². The Morgan fingerprint density at radius 1 is 1.03 bits per heavy atom. The molecule has 1 aliphatic heterocycles. The zero-order valence-corrected chi connectivity index (χ0v) is 18.6. The number of fused-ring (bicyclic) bond motifs is 1. The van der Waals surface area contributed by atoms with Gasteiger partial charge in [-0.15, -0.1) is 0 Å². The minimum Gasteiger partial charge on any atom is -0.481 e. The lowest BCUT2D eigenvalue weighted by atomic mass is 10.1. The van der Waals surface area contributed by atoms with E-state index in [1.54, 1.807) is 11.5 Å². The van der Waals surface area contributed by atoms with Crippen molar-refractivity contribution >= 4 is 45.1 Å². The zero-order valence-electron chi connectivity index (χ0n) is 17.8. The normalized spacial score (nSPS) is 14.4. The molecule has 9 heteroatoms. The van der Waals surface area contributed by atoms with Crippen molar-refractivity contribution < 1.29 is 14.7 Å². The Labute approximate surface area is 191 Å². The van der Waals surface area contributed by atoms with Gasteiger partial charge in [0.05, 0.1) is 11.1 Å². The van der Waals surface area contributed by atoms with Crippen LogP contribution < -0.4 is 15.5 Å². The van der Waals surface area contributed by atoms with Gasteiger partial charge >= 0.3 is 12.0 Å². The molecule has 0 bridgehead atoms. The highest BCUT2D eigenvalue weighted by Crippen LogP contribution is 2.29. The van der Waals surface area contributed by atoms with E-state index in [-0.39, 0.29) is 19.0 Å². The zero-order chi connectivity index (χ0) is 22.3. The van der Waals surface area contributed by atoms with Crippen LogP contribution in [0.2, 0.25) is 0 Å². The van der Waals surface area contributed by atoms with E-state index >= 15 is 0 Å². The van der Waals surface area contributed by atoms with Crippen LogP contribution in [0.5, 0.6) is 0 Å². The first-order valence-electron chi connectivity index (χ1n) is 10.8. The maximum atomic E-state index is 12.1. The molecule has 3 N–H and O–H groups in total. The molecule has 8 nitrogen and oxygen atoms in total. The number of para-hydroxylation sites is 1. The summed E-state index contributed by atoms with van der Waals surface area (Å²) >= 11 is 1.55. The minimum absolute atomic E-state index is 0.0991. The summed E-state index contributed by atoms with van der Waals surface area (Å²) in [5, 5.41) is 15.3. The number of hydrogen-bond donors (Lipinski definition) is 3. The molecule has 2 aromatic carbocycles. The second-order valence-electron chi connectivity index (χ2n) is 7.76. The van der Waals surface area contributed by atoms with Crippen LogP contribution in [0.4, 0.5) is 16.3 Å². The lowest BCUT2D eigenvalue weighted by molar-refractivity contribution is -0.136. The highest BCUT2D eigenvalue weighted by molar-refractivity contribution is 7.13. The third-order valence-corrected chi connectivity index (χ3v) is 6.43. The number of carboxylic acids is 1. The van der Waals surface area contributed by atoms with Crippen molar-refractivity contribution in [3.05, 3.63) is 54.1 Å². The number of carbonyl (C=O) groups is 2. The third kappa shape index (κ3) is 5.54. The Hall–Kier alpha value is -3.17. The first-order valence-corrected chi connectivity index (χ1v) is 11.5. The Morgan fingerprint density at radius 2 is 1.78 bits per heavy atom. The van der Waals surface area contributed by atoms with Crippen LogP contribution in [0.15, 0.2) is 48.5 Å². The predicted octanol–water partition coefficient (Wildman–Crippen LogP) is 3.26. The summed E-state index contributed by atoms with van der Waals surface area (Å²) in [6.45, 7) is 4.83. The van der Waals surface area contributed by atoms with Gasteiger partial charge in [0.25, 0.3) is 0 Å². The third-order valence-electron chi connectivity index (χ3n) is 5.62. The van der Waals surface area contributed by atoms with Crippen LogP contribution in [0.3, 0.4) is 0 Å². The number of nitrogens with one attached hydrogen (secondary N) is 2. The first kappa shape index (κ1) is 22.0. The number of hydrogen-bond acceptors (Lipinski definition) is 6. The minimum atomic E-state index is -0.936.